The number of benzene rings is 1. The lowest BCUT2D eigenvalue weighted by atomic mass is 9.84. The van der Waals surface area contributed by atoms with Crippen molar-refractivity contribution >= 4 is 29.1 Å². The van der Waals surface area contributed by atoms with Gasteiger partial charge in [-0.05, 0) is 67.2 Å². The summed E-state index contributed by atoms with van der Waals surface area (Å²) in [5.74, 6) is -2.82. The Morgan fingerprint density at radius 1 is 1.19 bits per heavy atom. The average molecular weight is 605 g/mol. The molecule has 230 valence electrons. The first kappa shape index (κ1) is 32.0. The number of aliphatic hydroxyl groups is 1. The second kappa shape index (κ2) is 12.0. The molecule has 5 atom stereocenters. The maximum Gasteiger partial charge on any atom is 0.258 e. The minimum Gasteiger partial charge on any atom is -0.388 e. The Balaban J connectivity index is 1.57. The Kier molecular flexibility index (Phi) is 9.14. The van der Waals surface area contributed by atoms with Crippen LogP contribution in [0.5, 0.6) is 0 Å². The second-order valence-corrected chi connectivity index (χ2v) is 14.1. The molecule has 3 N–H and O–H groups in total. The highest BCUT2D eigenvalue weighted by atomic mass is 32.1. The Bertz CT molecular complexity index is 1340. The van der Waals surface area contributed by atoms with E-state index in [-0.39, 0.29) is 18.3 Å². The Labute approximate surface area is 250 Å². The summed E-state index contributed by atoms with van der Waals surface area (Å²) in [5, 5.41) is 15.7. The number of carbonyl (C=O) groups excluding carboxylic acids is 3. The topological polar surface area (TPSA) is 112 Å². The molecule has 3 amide bonds. The van der Waals surface area contributed by atoms with Gasteiger partial charge in [0.15, 0.2) is 11.8 Å². The Morgan fingerprint density at radius 3 is 2.40 bits per heavy atom. The van der Waals surface area contributed by atoms with Crippen molar-refractivity contribution in [3.05, 3.63) is 40.5 Å². The molecule has 4 rings (SSSR count). The lowest BCUT2D eigenvalue weighted by Gasteiger charge is -2.32. The van der Waals surface area contributed by atoms with E-state index in [9.17, 15) is 23.9 Å². The van der Waals surface area contributed by atoms with Crippen LogP contribution < -0.4 is 10.6 Å². The minimum absolute atomic E-state index is 0.0579. The molecular formula is C31H42F2N4O4S. The number of nitrogens with zero attached hydrogens (tertiary/aromatic N) is 2. The molecule has 1 aromatic carbocycles. The van der Waals surface area contributed by atoms with Crippen molar-refractivity contribution in [2.75, 3.05) is 6.54 Å². The van der Waals surface area contributed by atoms with Gasteiger partial charge < -0.3 is 20.6 Å². The maximum absolute atomic E-state index is 15.3. The quantitative estimate of drug-likeness (QED) is 0.392. The van der Waals surface area contributed by atoms with Gasteiger partial charge in [-0.1, -0.05) is 46.8 Å². The fourth-order valence-corrected chi connectivity index (χ4v) is 6.26. The summed E-state index contributed by atoms with van der Waals surface area (Å²) in [6.45, 7) is 13.1. The molecule has 8 nitrogen and oxygen atoms in total. The molecule has 1 saturated heterocycles. The number of aryl methyl sites for hydroxylation is 1. The van der Waals surface area contributed by atoms with Crippen LogP contribution in [0.3, 0.4) is 0 Å². The average Bonchev–Trinajstić information content (AvgIpc) is 3.38. The van der Waals surface area contributed by atoms with Crippen LogP contribution in [0.15, 0.2) is 23.7 Å². The fourth-order valence-electron chi connectivity index (χ4n) is 5.46. The molecule has 2 aliphatic rings. The number of nitrogens with one attached hydrogen (secondary N) is 2. The molecule has 0 bridgehead atoms. The van der Waals surface area contributed by atoms with Crippen molar-refractivity contribution in [1.82, 2.24) is 20.5 Å². The summed E-state index contributed by atoms with van der Waals surface area (Å²) < 4.78 is 29.7. The molecule has 1 saturated carbocycles. The Hall–Kier alpha value is -2.92. The molecule has 2 fully saturated rings. The summed E-state index contributed by atoms with van der Waals surface area (Å²) in [6.07, 6.45) is -2.71. The molecule has 0 spiro atoms. The van der Waals surface area contributed by atoms with Gasteiger partial charge in [0.2, 0.25) is 11.8 Å². The van der Waals surface area contributed by atoms with Crippen LogP contribution in [0.2, 0.25) is 0 Å². The van der Waals surface area contributed by atoms with Crippen molar-refractivity contribution in [3.8, 4) is 10.4 Å². The molecule has 42 heavy (non-hydrogen) atoms. The van der Waals surface area contributed by atoms with Crippen molar-refractivity contribution in [1.29, 1.82) is 0 Å². The molecule has 1 aliphatic carbocycles. The van der Waals surface area contributed by atoms with E-state index in [1.54, 1.807) is 37.6 Å². The molecule has 2 aromatic rings. The van der Waals surface area contributed by atoms with E-state index >= 15 is 4.39 Å². The molecule has 0 unspecified atom stereocenters. The third-order valence-electron chi connectivity index (χ3n) is 7.95. The second-order valence-electron chi connectivity index (χ2n) is 13.3. The Morgan fingerprint density at radius 2 is 1.86 bits per heavy atom. The lowest BCUT2D eigenvalue weighted by molar-refractivity contribution is -0.144. The monoisotopic (exact) mass is 604 g/mol. The normalized spacial score (nSPS) is 23.0. The zero-order chi connectivity index (χ0) is 31.1. The summed E-state index contributed by atoms with van der Waals surface area (Å²) in [7, 11) is 0. The van der Waals surface area contributed by atoms with Crippen molar-refractivity contribution in [3.63, 3.8) is 0 Å². The molecule has 1 aliphatic heterocycles. The number of amides is 3. The molecule has 11 heteroatoms. The summed E-state index contributed by atoms with van der Waals surface area (Å²) in [6, 6.07) is 2.73. The van der Waals surface area contributed by atoms with Crippen LogP contribution in [0.25, 0.3) is 10.4 Å². The fraction of sp³-hybridized carbons (Fsp3) is 0.613. The number of likely N-dealkylation sites (tertiary alicyclic amines) is 1. The predicted octanol–water partition coefficient (Wildman–Crippen LogP) is 4.44. The highest BCUT2D eigenvalue weighted by molar-refractivity contribution is 7.13. The summed E-state index contributed by atoms with van der Waals surface area (Å²) in [5.41, 5.74) is 3.60. The molecule has 1 aromatic heterocycles. The summed E-state index contributed by atoms with van der Waals surface area (Å²) >= 11 is 1.56. The highest BCUT2D eigenvalue weighted by Crippen LogP contribution is 2.40. The van der Waals surface area contributed by atoms with E-state index in [2.05, 4.69) is 42.5 Å². The summed E-state index contributed by atoms with van der Waals surface area (Å²) in [4.78, 5) is 45.9. The van der Waals surface area contributed by atoms with E-state index in [0.29, 0.717) is 0 Å². The van der Waals surface area contributed by atoms with Gasteiger partial charge >= 0.3 is 0 Å². The van der Waals surface area contributed by atoms with Crippen LogP contribution in [0, 0.1) is 18.3 Å². The van der Waals surface area contributed by atoms with Gasteiger partial charge in [-0.3, -0.25) is 14.4 Å². The van der Waals surface area contributed by atoms with Crippen LogP contribution in [0.1, 0.15) is 77.2 Å². The van der Waals surface area contributed by atoms with Gasteiger partial charge in [-0.2, -0.15) is 0 Å². The first-order valence-electron chi connectivity index (χ1n) is 14.5. The number of hydrogen-bond acceptors (Lipinski definition) is 6. The number of aliphatic hydroxyl groups excluding tert-OH is 1. The van der Waals surface area contributed by atoms with Crippen LogP contribution in [-0.2, 0) is 20.8 Å². The van der Waals surface area contributed by atoms with Crippen LogP contribution in [0.4, 0.5) is 8.78 Å². The van der Waals surface area contributed by atoms with E-state index in [0.717, 1.165) is 38.6 Å². The van der Waals surface area contributed by atoms with E-state index in [1.807, 2.05) is 19.1 Å². The highest BCUT2D eigenvalue weighted by Gasteiger charge is 2.53. The number of carbonyl (C=O) groups is 3. The third-order valence-corrected chi connectivity index (χ3v) is 8.93. The van der Waals surface area contributed by atoms with Crippen LogP contribution in [-0.4, -0.2) is 69.3 Å². The van der Waals surface area contributed by atoms with E-state index < -0.39 is 66.3 Å². The minimum atomic E-state index is -2.02. The van der Waals surface area contributed by atoms with Gasteiger partial charge in [0, 0.05) is 0 Å². The van der Waals surface area contributed by atoms with E-state index in [1.165, 1.54) is 0 Å². The number of hydrogen-bond donors (Lipinski definition) is 3. The molecular weight excluding hydrogens is 562 g/mol. The number of halogens is 2. The SMILES string of the molecule is Cc1ncsc1-c1ccc([C@H](C)NC(=O)[C@@H]2[C@@H](F)[C@@H](O)CN2C(=O)[C@@H](NC(=O)C2(F)CC2)C(C)C)c(CC(C)(C)C)c1. The third kappa shape index (κ3) is 6.83. The number of alkyl halides is 2. The van der Waals surface area contributed by atoms with Gasteiger partial charge in [-0.25, -0.2) is 13.8 Å². The first-order chi connectivity index (χ1) is 19.5. The van der Waals surface area contributed by atoms with Gasteiger partial charge in [0.1, 0.15) is 18.2 Å². The van der Waals surface area contributed by atoms with E-state index in [4.69, 9.17) is 0 Å². The smallest absolute Gasteiger partial charge is 0.258 e. The largest absolute Gasteiger partial charge is 0.388 e. The number of rotatable bonds is 9. The number of aromatic nitrogens is 1. The van der Waals surface area contributed by atoms with Gasteiger partial charge in [0.25, 0.3) is 5.91 Å². The number of thiazole rings is 1. The maximum atomic E-state index is 15.3. The zero-order valence-corrected chi connectivity index (χ0v) is 26.1. The molecule has 2 heterocycles. The molecule has 0 radical (unpaired) electrons. The van der Waals surface area contributed by atoms with Crippen LogP contribution >= 0.6 is 11.3 Å². The van der Waals surface area contributed by atoms with Crippen molar-refractivity contribution < 1.29 is 28.3 Å². The van der Waals surface area contributed by atoms with Crippen molar-refractivity contribution in [2.24, 2.45) is 11.3 Å². The lowest BCUT2D eigenvalue weighted by Crippen LogP contribution is -2.57. The first-order valence-corrected chi connectivity index (χ1v) is 15.4. The standard InChI is InChI=1S/C31H42F2N4O4S/c1-16(2)24(36-29(41)31(33)10-11-31)28(40)37-14-22(38)23(32)25(37)27(39)35-17(3)21-9-8-19(26-18(4)34-15-42-26)12-20(21)13-30(5,6)7/h8-9,12,15-17,22-25,38H,10-11,13-14H2,1-7H3,(H,35,39)(H,36,41)/t17-,22-,23-,24-,25-/m0/s1. The number of β-amino-alcohol motifs (C(OH)–C–C–N with tert-alkyl or cyclic N) is 1. The van der Waals surface area contributed by atoms with Gasteiger partial charge in [-0.15, -0.1) is 11.3 Å². The zero-order valence-electron chi connectivity index (χ0n) is 25.3. The van der Waals surface area contributed by atoms with Gasteiger partial charge in [0.05, 0.1) is 28.7 Å². The van der Waals surface area contributed by atoms with Crippen molar-refractivity contribution in [2.45, 2.75) is 104 Å². The predicted molar refractivity (Wildman–Crippen MR) is 158 cm³/mol.